The van der Waals surface area contributed by atoms with Crippen LogP contribution in [0.5, 0.6) is 0 Å². The maximum absolute atomic E-state index is 12.9. The van der Waals surface area contributed by atoms with Crippen molar-refractivity contribution >= 4 is 52.0 Å². The third kappa shape index (κ3) is 3.77. The van der Waals surface area contributed by atoms with Crippen LogP contribution in [0.2, 0.25) is 5.02 Å². The van der Waals surface area contributed by atoms with Crippen molar-refractivity contribution in [2.75, 3.05) is 6.61 Å². The number of hydrogen-bond acceptors (Lipinski definition) is 6. The maximum Gasteiger partial charge on any atom is 0.326 e. The molecule has 0 bridgehead atoms. The first-order valence-corrected chi connectivity index (χ1v) is 9.31. The maximum atomic E-state index is 12.9. The van der Waals surface area contributed by atoms with Crippen molar-refractivity contribution in [3.8, 4) is 0 Å². The predicted octanol–water partition coefficient (Wildman–Crippen LogP) is 4.07. The second kappa shape index (κ2) is 7.89. The van der Waals surface area contributed by atoms with Crippen LogP contribution in [0.1, 0.15) is 12.5 Å². The molecule has 3 aromatic rings. The molecular weight excluding hydrogens is 394 g/mol. The van der Waals surface area contributed by atoms with Gasteiger partial charge in [0.25, 0.3) is 0 Å². The van der Waals surface area contributed by atoms with Crippen molar-refractivity contribution in [1.29, 1.82) is 0 Å². The van der Waals surface area contributed by atoms with E-state index >= 15 is 0 Å². The van der Waals surface area contributed by atoms with E-state index in [-0.39, 0.29) is 18.3 Å². The van der Waals surface area contributed by atoms with E-state index in [9.17, 15) is 9.59 Å². The summed E-state index contributed by atoms with van der Waals surface area (Å²) < 4.78 is 10.8. The second-order valence-corrected chi connectivity index (χ2v) is 6.68. The smallest absolute Gasteiger partial charge is 0.326 e. The molecule has 1 unspecified atom stereocenters. The number of hydrogen-bond donors (Lipinski definition) is 1. The van der Waals surface area contributed by atoms with Crippen LogP contribution < -0.4 is 0 Å². The number of ketones is 1. The Morgan fingerprint density at radius 2 is 2.17 bits per heavy atom. The van der Waals surface area contributed by atoms with E-state index in [0.29, 0.717) is 21.9 Å². The highest BCUT2D eigenvalue weighted by Crippen LogP contribution is 2.29. The van der Waals surface area contributed by atoms with Crippen molar-refractivity contribution in [3.05, 3.63) is 65.1 Å². The molecule has 0 radical (unpaired) electrons. The van der Waals surface area contributed by atoms with Gasteiger partial charge in [0.2, 0.25) is 11.7 Å². The fraction of sp³-hybridized carbons (Fsp3) is 0.143. The zero-order valence-electron chi connectivity index (χ0n) is 15.4. The molecule has 1 aliphatic rings. The summed E-state index contributed by atoms with van der Waals surface area (Å²) in [6.07, 6.45) is 4.75. The molecule has 0 spiro atoms. The molecule has 146 valence electrons. The zero-order valence-corrected chi connectivity index (χ0v) is 16.1. The highest BCUT2D eigenvalue weighted by molar-refractivity contribution is 6.31. The summed E-state index contributed by atoms with van der Waals surface area (Å²) in [6, 6.07) is 10.7. The highest BCUT2D eigenvalue weighted by atomic mass is 35.5. The van der Waals surface area contributed by atoms with Crippen LogP contribution in [0.3, 0.4) is 0 Å². The van der Waals surface area contributed by atoms with E-state index in [4.69, 9.17) is 21.1 Å². The van der Waals surface area contributed by atoms with Crippen molar-refractivity contribution < 1.29 is 19.1 Å². The molecule has 0 saturated carbocycles. The Hall–Kier alpha value is -3.45. The summed E-state index contributed by atoms with van der Waals surface area (Å²) in [7, 11) is 0. The molecule has 1 aromatic carbocycles. The number of fused-ring (bicyclic) bond motifs is 1. The Kier molecular flexibility index (Phi) is 5.14. The number of rotatable bonds is 4. The minimum absolute atomic E-state index is 0.00129. The molecule has 4 rings (SSSR count). The van der Waals surface area contributed by atoms with E-state index in [1.165, 1.54) is 6.20 Å². The number of allylic oxidation sites excluding steroid dienone is 1. The first-order chi connectivity index (χ1) is 14.1. The third-order valence-electron chi connectivity index (χ3n) is 4.30. The molecular formula is C21H16ClN3O4. The number of nitrogens with one attached hydrogen (secondary N) is 1. The van der Waals surface area contributed by atoms with Gasteiger partial charge in [-0.25, -0.2) is 9.98 Å². The number of H-pyrrole nitrogens is 1. The second-order valence-electron chi connectivity index (χ2n) is 6.24. The van der Waals surface area contributed by atoms with Crippen molar-refractivity contribution in [1.82, 2.24) is 9.97 Å². The predicted molar refractivity (Wildman–Crippen MR) is 109 cm³/mol. The van der Waals surface area contributed by atoms with Gasteiger partial charge in [0.05, 0.1) is 17.3 Å². The van der Waals surface area contributed by atoms with E-state index in [0.717, 1.165) is 5.39 Å². The van der Waals surface area contributed by atoms with Gasteiger partial charge in [0.15, 0.2) is 11.7 Å². The van der Waals surface area contributed by atoms with Gasteiger partial charge in [-0.15, -0.1) is 0 Å². The van der Waals surface area contributed by atoms with E-state index in [2.05, 4.69) is 15.0 Å². The summed E-state index contributed by atoms with van der Waals surface area (Å²) in [4.78, 5) is 36.9. The number of pyridine rings is 1. The zero-order chi connectivity index (χ0) is 20.4. The number of nitrogens with zero attached hydrogens (tertiary/aromatic N) is 2. The van der Waals surface area contributed by atoms with Crippen molar-refractivity contribution in [3.63, 3.8) is 0 Å². The lowest BCUT2D eigenvalue weighted by Crippen LogP contribution is -2.27. The first-order valence-electron chi connectivity index (χ1n) is 8.93. The molecule has 1 aliphatic heterocycles. The van der Waals surface area contributed by atoms with Crippen LogP contribution in [0.15, 0.2) is 59.5 Å². The van der Waals surface area contributed by atoms with Gasteiger partial charge < -0.3 is 14.5 Å². The number of aliphatic imine (C=N–C) groups is 1. The lowest BCUT2D eigenvalue weighted by Gasteiger charge is -2.06. The van der Waals surface area contributed by atoms with Crippen molar-refractivity contribution in [2.24, 2.45) is 10.9 Å². The lowest BCUT2D eigenvalue weighted by molar-refractivity contribution is -0.147. The van der Waals surface area contributed by atoms with Gasteiger partial charge in [-0.05, 0) is 31.2 Å². The van der Waals surface area contributed by atoms with Gasteiger partial charge in [-0.1, -0.05) is 29.8 Å². The topological polar surface area (TPSA) is 93.6 Å². The van der Waals surface area contributed by atoms with Crippen LogP contribution in [0.25, 0.3) is 17.1 Å². The molecule has 7 nitrogen and oxygen atoms in total. The Balaban J connectivity index is 1.75. The highest BCUT2D eigenvalue weighted by Gasteiger charge is 2.44. The number of ether oxygens (including phenoxy) is 2. The van der Waals surface area contributed by atoms with Crippen LogP contribution in [0, 0.1) is 5.92 Å². The van der Waals surface area contributed by atoms with Gasteiger partial charge in [-0.2, -0.15) is 0 Å². The molecule has 29 heavy (non-hydrogen) atoms. The Labute approximate surface area is 171 Å². The van der Waals surface area contributed by atoms with Crippen LogP contribution >= 0.6 is 11.6 Å². The third-order valence-corrected chi connectivity index (χ3v) is 4.51. The minimum Gasteiger partial charge on any atom is -0.465 e. The summed E-state index contributed by atoms with van der Waals surface area (Å²) in [5.41, 5.74) is 1.84. The Morgan fingerprint density at radius 1 is 1.38 bits per heavy atom. The number of carbonyl (C=O) groups excluding carboxylic acids is 2. The number of halogens is 1. The first kappa shape index (κ1) is 18.9. The molecule has 1 fully saturated rings. The fourth-order valence-electron chi connectivity index (χ4n) is 2.99. The van der Waals surface area contributed by atoms with E-state index in [1.807, 2.05) is 6.07 Å². The minimum atomic E-state index is -1.24. The average Bonchev–Trinajstić information content (AvgIpc) is 3.24. The van der Waals surface area contributed by atoms with Gasteiger partial charge in [0, 0.05) is 23.3 Å². The normalized spacial score (nSPS) is 19.1. The standard InChI is InChI=1S/C21H16ClN3O4/c1-2-28-21(27)17-18(26)16(29-20(17)25-14-6-4-3-5-7-14)8-12-10-23-19-15(12)9-13(22)11-24-19/h3-11,17H,2H2,1H3,(H,23,24)/b16-8-,25-20?. The van der Waals surface area contributed by atoms with Gasteiger partial charge >= 0.3 is 5.97 Å². The quantitative estimate of drug-likeness (QED) is 0.398. The van der Waals surface area contributed by atoms with Crippen LogP contribution in [0.4, 0.5) is 5.69 Å². The van der Waals surface area contributed by atoms with E-state index in [1.54, 1.807) is 49.5 Å². The molecule has 0 amide bonds. The number of esters is 1. The number of aromatic amines is 1. The number of carbonyl (C=O) groups is 2. The van der Waals surface area contributed by atoms with Crippen LogP contribution in [-0.4, -0.2) is 34.2 Å². The number of aromatic nitrogens is 2. The summed E-state index contributed by atoms with van der Waals surface area (Å²) >= 11 is 6.03. The van der Waals surface area contributed by atoms with Crippen molar-refractivity contribution in [2.45, 2.75) is 6.92 Å². The number of Topliss-reactive ketones (excluding diaryl/α,β-unsaturated/α-hetero) is 1. The van der Waals surface area contributed by atoms with Crippen LogP contribution in [-0.2, 0) is 19.1 Å². The monoisotopic (exact) mass is 409 g/mol. The average molecular weight is 410 g/mol. The summed E-state index contributed by atoms with van der Waals surface area (Å²) in [5.74, 6) is -2.46. The molecule has 0 aliphatic carbocycles. The Morgan fingerprint density at radius 3 is 2.93 bits per heavy atom. The molecule has 1 saturated heterocycles. The molecule has 2 aromatic heterocycles. The molecule has 3 heterocycles. The molecule has 1 N–H and O–H groups in total. The fourth-order valence-corrected chi connectivity index (χ4v) is 3.14. The SMILES string of the molecule is CCOC(=O)C1C(=O)/C(=C/c2c[nH]c3ncc(Cl)cc23)OC1=Nc1ccccc1. The lowest BCUT2D eigenvalue weighted by atomic mass is 10.0. The van der Waals surface area contributed by atoms with Gasteiger partial charge in [-0.3, -0.25) is 9.59 Å². The Bertz CT molecular complexity index is 1150. The largest absolute Gasteiger partial charge is 0.465 e. The molecule has 8 heteroatoms. The summed E-state index contributed by atoms with van der Waals surface area (Å²) in [5, 5.41) is 1.19. The number of para-hydroxylation sites is 1. The van der Waals surface area contributed by atoms with E-state index < -0.39 is 17.7 Å². The number of benzene rings is 1. The molecule has 1 atom stereocenters. The summed E-state index contributed by atoms with van der Waals surface area (Å²) in [6.45, 7) is 1.82. The van der Waals surface area contributed by atoms with Gasteiger partial charge in [0.1, 0.15) is 5.65 Å².